The van der Waals surface area contributed by atoms with Gasteiger partial charge in [0.15, 0.2) is 5.16 Å². The molecule has 11 heteroatoms. The van der Waals surface area contributed by atoms with Gasteiger partial charge in [-0.15, -0.1) is 11.3 Å². The van der Waals surface area contributed by atoms with Crippen LogP contribution in [0.5, 0.6) is 0 Å². The lowest BCUT2D eigenvalue weighted by Crippen LogP contribution is -2.26. The number of carbonyl (C=O) groups excluding carboxylic acids is 1. The van der Waals surface area contributed by atoms with Crippen LogP contribution in [-0.2, 0) is 4.79 Å². The van der Waals surface area contributed by atoms with Crippen LogP contribution < -0.4 is 0 Å². The lowest BCUT2D eigenvalue weighted by atomic mass is 10.1. The summed E-state index contributed by atoms with van der Waals surface area (Å²) >= 11 is 2.19. The SMILES string of the molecule is CSc1nc(C)nc(/N=C/C(C(=O)C(F)(F)F)=C(/O)c2cccs2)n1. The fourth-order valence-electron chi connectivity index (χ4n) is 1.64. The highest BCUT2D eigenvalue weighted by Crippen LogP contribution is 2.27. The fourth-order valence-corrected chi connectivity index (χ4v) is 2.72. The van der Waals surface area contributed by atoms with Crippen LogP contribution in [0.25, 0.3) is 5.76 Å². The summed E-state index contributed by atoms with van der Waals surface area (Å²) in [5.74, 6) is -2.86. The first-order chi connectivity index (χ1) is 11.7. The normalized spacial score (nSPS) is 13.2. The topological polar surface area (TPSA) is 88.3 Å². The van der Waals surface area contributed by atoms with Crippen molar-refractivity contribution in [2.75, 3.05) is 6.26 Å². The minimum absolute atomic E-state index is 0.107. The lowest BCUT2D eigenvalue weighted by molar-refractivity contribution is -0.165. The first-order valence-corrected chi connectivity index (χ1v) is 8.72. The molecule has 2 heterocycles. The second kappa shape index (κ2) is 7.74. The van der Waals surface area contributed by atoms with E-state index >= 15 is 0 Å². The Hall–Kier alpha value is -2.27. The van der Waals surface area contributed by atoms with Gasteiger partial charge in [0.1, 0.15) is 11.6 Å². The zero-order chi connectivity index (χ0) is 18.6. The van der Waals surface area contributed by atoms with Crippen LogP contribution in [0.1, 0.15) is 10.7 Å². The van der Waals surface area contributed by atoms with E-state index in [9.17, 15) is 23.1 Å². The van der Waals surface area contributed by atoms with Gasteiger partial charge in [0.05, 0.1) is 10.5 Å². The number of thioether (sulfide) groups is 1. The molecular weight excluding hydrogens is 377 g/mol. The van der Waals surface area contributed by atoms with Crippen LogP contribution in [0.15, 0.2) is 33.2 Å². The van der Waals surface area contributed by atoms with Crippen molar-refractivity contribution in [2.24, 2.45) is 4.99 Å². The standard InChI is InChI=1S/C14H11F3N4O2S2/c1-7-19-12(21-13(20-7)24-2)18-6-8(11(23)14(15,16)17)10(22)9-4-3-5-25-9/h3-6,22H,1-2H3/b10-8-,18-6+. The third-order valence-electron chi connectivity index (χ3n) is 2.72. The van der Waals surface area contributed by atoms with Gasteiger partial charge in [0, 0.05) is 6.21 Å². The molecule has 2 aromatic rings. The van der Waals surface area contributed by atoms with Crippen molar-refractivity contribution >= 4 is 46.8 Å². The zero-order valence-electron chi connectivity index (χ0n) is 12.9. The predicted octanol–water partition coefficient (Wildman–Crippen LogP) is 3.77. The van der Waals surface area contributed by atoms with Gasteiger partial charge >= 0.3 is 6.18 Å². The number of aliphatic hydroxyl groups excluding tert-OH is 1. The van der Waals surface area contributed by atoms with Gasteiger partial charge in [0.2, 0.25) is 0 Å². The Kier molecular flexibility index (Phi) is 5.90. The maximum atomic E-state index is 12.8. The molecule has 0 spiro atoms. The van der Waals surface area contributed by atoms with Gasteiger partial charge < -0.3 is 5.11 Å². The van der Waals surface area contributed by atoms with Gasteiger partial charge in [0.25, 0.3) is 11.7 Å². The fraction of sp³-hybridized carbons (Fsp3) is 0.214. The summed E-state index contributed by atoms with van der Waals surface area (Å²) in [4.78, 5) is 27.2. The molecule has 0 saturated carbocycles. The quantitative estimate of drug-likeness (QED) is 0.363. The summed E-state index contributed by atoms with van der Waals surface area (Å²) in [6.45, 7) is 1.57. The molecule has 0 radical (unpaired) electrons. The molecule has 0 bridgehead atoms. The minimum atomic E-state index is -5.16. The van der Waals surface area contributed by atoms with E-state index in [-0.39, 0.29) is 10.8 Å². The summed E-state index contributed by atoms with van der Waals surface area (Å²) in [5, 5.41) is 11.9. The molecule has 1 N–H and O–H groups in total. The van der Waals surface area contributed by atoms with Crippen LogP contribution in [0.4, 0.5) is 19.1 Å². The number of ketones is 1. The summed E-state index contributed by atoms with van der Waals surface area (Å²) in [5.41, 5.74) is -0.987. The summed E-state index contributed by atoms with van der Waals surface area (Å²) in [6.07, 6.45) is -2.83. The number of halogens is 3. The van der Waals surface area contributed by atoms with E-state index in [1.807, 2.05) is 0 Å². The minimum Gasteiger partial charge on any atom is -0.506 e. The highest BCUT2D eigenvalue weighted by atomic mass is 32.2. The number of aliphatic hydroxyl groups is 1. The van der Waals surface area contributed by atoms with E-state index in [0.717, 1.165) is 11.3 Å². The summed E-state index contributed by atoms with van der Waals surface area (Å²) in [7, 11) is 0. The van der Waals surface area contributed by atoms with Gasteiger partial charge in [-0.2, -0.15) is 23.1 Å². The first kappa shape index (κ1) is 19.1. The Morgan fingerprint density at radius 1 is 1.36 bits per heavy atom. The van der Waals surface area contributed by atoms with E-state index in [1.54, 1.807) is 18.6 Å². The van der Waals surface area contributed by atoms with Crippen molar-refractivity contribution in [3.8, 4) is 0 Å². The van der Waals surface area contributed by atoms with Crippen molar-refractivity contribution in [1.29, 1.82) is 0 Å². The summed E-state index contributed by atoms with van der Waals surface area (Å²) < 4.78 is 38.4. The number of allylic oxidation sites excluding steroid dienone is 1. The molecular formula is C14H11F3N4O2S2. The molecule has 0 fully saturated rings. The number of hydrogen-bond acceptors (Lipinski definition) is 8. The number of aromatic nitrogens is 3. The highest BCUT2D eigenvalue weighted by Gasteiger charge is 2.41. The van der Waals surface area contributed by atoms with Crippen LogP contribution in [-0.4, -0.2) is 44.5 Å². The molecule has 25 heavy (non-hydrogen) atoms. The molecule has 0 atom stereocenters. The van der Waals surface area contributed by atoms with Gasteiger partial charge in [-0.3, -0.25) is 4.79 Å². The molecule has 2 aromatic heterocycles. The molecule has 0 aliphatic heterocycles. The van der Waals surface area contributed by atoms with E-state index in [0.29, 0.717) is 17.2 Å². The molecule has 132 valence electrons. The van der Waals surface area contributed by atoms with Crippen LogP contribution >= 0.6 is 23.1 Å². The van der Waals surface area contributed by atoms with E-state index in [2.05, 4.69) is 19.9 Å². The predicted molar refractivity (Wildman–Crippen MR) is 89.4 cm³/mol. The monoisotopic (exact) mass is 388 g/mol. The highest BCUT2D eigenvalue weighted by molar-refractivity contribution is 7.98. The maximum absolute atomic E-state index is 12.8. The Bertz CT molecular complexity index is 833. The first-order valence-electron chi connectivity index (χ1n) is 6.61. The second-order valence-electron chi connectivity index (χ2n) is 4.49. The second-order valence-corrected chi connectivity index (χ2v) is 6.22. The van der Waals surface area contributed by atoms with E-state index < -0.39 is 23.3 Å². The van der Waals surface area contributed by atoms with Gasteiger partial charge in [-0.05, 0) is 24.6 Å². The molecule has 6 nitrogen and oxygen atoms in total. The van der Waals surface area contributed by atoms with Crippen molar-refractivity contribution in [2.45, 2.75) is 18.3 Å². The molecule has 0 aliphatic rings. The Morgan fingerprint density at radius 2 is 2.08 bits per heavy atom. The number of thiophene rings is 1. The molecule has 0 aromatic carbocycles. The van der Waals surface area contributed by atoms with Gasteiger partial charge in [-0.1, -0.05) is 17.8 Å². The number of hydrogen-bond donors (Lipinski definition) is 1. The largest absolute Gasteiger partial charge is 0.506 e. The van der Waals surface area contributed by atoms with Crippen LogP contribution in [0, 0.1) is 6.92 Å². The third kappa shape index (κ3) is 4.86. The Labute approximate surface area is 148 Å². The number of aliphatic imine (C=N–C) groups is 1. The number of aryl methyl sites for hydroxylation is 1. The van der Waals surface area contributed by atoms with E-state index in [1.165, 1.54) is 23.9 Å². The molecule has 0 saturated heterocycles. The average Bonchev–Trinajstić information content (AvgIpc) is 3.07. The number of rotatable bonds is 5. The Morgan fingerprint density at radius 3 is 2.64 bits per heavy atom. The lowest BCUT2D eigenvalue weighted by Gasteiger charge is -2.07. The third-order valence-corrected chi connectivity index (χ3v) is 4.14. The molecule has 2 rings (SSSR count). The van der Waals surface area contributed by atoms with Crippen molar-refractivity contribution in [3.63, 3.8) is 0 Å². The Balaban J connectivity index is 2.49. The van der Waals surface area contributed by atoms with Gasteiger partial charge in [-0.25, -0.2) is 9.98 Å². The van der Waals surface area contributed by atoms with Crippen molar-refractivity contribution in [1.82, 2.24) is 15.0 Å². The number of alkyl halides is 3. The number of Topliss-reactive ketones (excluding diaryl/α,β-unsaturated/α-hetero) is 1. The number of carbonyl (C=O) groups is 1. The van der Waals surface area contributed by atoms with E-state index in [4.69, 9.17) is 0 Å². The smallest absolute Gasteiger partial charge is 0.455 e. The van der Waals surface area contributed by atoms with Crippen LogP contribution in [0.3, 0.4) is 0 Å². The maximum Gasteiger partial charge on any atom is 0.455 e. The average molecular weight is 388 g/mol. The molecule has 0 amide bonds. The summed E-state index contributed by atoms with van der Waals surface area (Å²) in [6, 6.07) is 2.92. The molecule has 0 aliphatic carbocycles. The molecule has 0 unspecified atom stereocenters. The number of nitrogens with zero attached hydrogens (tertiary/aromatic N) is 4. The van der Waals surface area contributed by atoms with Crippen LogP contribution in [0.2, 0.25) is 0 Å². The zero-order valence-corrected chi connectivity index (χ0v) is 14.5. The van der Waals surface area contributed by atoms with Crippen molar-refractivity contribution in [3.05, 3.63) is 33.8 Å². The van der Waals surface area contributed by atoms with Crippen molar-refractivity contribution < 1.29 is 23.1 Å².